The van der Waals surface area contributed by atoms with Gasteiger partial charge in [0.1, 0.15) is 0 Å². The van der Waals surface area contributed by atoms with Gasteiger partial charge < -0.3 is 0 Å². The Bertz CT molecular complexity index is 531. The van der Waals surface area contributed by atoms with E-state index in [4.69, 9.17) is 11.6 Å². The third-order valence-electron chi connectivity index (χ3n) is 3.10. The lowest BCUT2D eigenvalue weighted by molar-refractivity contribution is 0.909. The summed E-state index contributed by atoms with van der Waals surface area (Å²) >= 11 is 10.00. The van der Waals surface area contributed by atoms with Crippen LogP contribution in [0, 0.1) is 13.8 Å². The molecule has 0 N–H and O–H groups in total. The zero-order chi connectivity index (χ0) is 13.1. The molecule has 0 nitrogen and oxygen atoms in total. The minimum atomic E-state index is 0.0285. The van der Waals surface area contributed by atoms with Crippen LogP contribution in [-0.4, -0.2) is 0 Å². The first-order chi connectivity index (χ1) is 8.56. The molecule has 94 valence electrons. The van der Waals surface area contributed by atoms with Crippen LogP contribution >= 0.6 is 27.5 Å². The van der Waals surface area contributed by atoms with Gasteiger partial charge in [0.05, 0.1) is 5.38 Å². The molecule has 0 spiro atoms. The molecular weight excluding hydrogens is 308 g/mol. The topological polar surface area (TPSA) is 0 Å². The second-order valence-electron chi connectivity index (χ2n) is 4.66. The highest BCUT2D eigenvalue weighted by Crippen LogP contribution is 2.29. The lowest BCUT2D eigenvalue weighted by Crippen LogP contribution is -1.98. The molecule has 1 unspecified atom stereocenters. The fourth-order valence-corrected chi connectivity index (χ4v) is 2.93. The minimum Gasteiger partial charge on any atom is -0.117 e. The van der Waals surface area contributed by atoms with E-state index < -0.39 is 0 Å². The van der Waals surface area contributed by atoms with Crippen LogP contribution in [-0.2, 0) is 6.42 Å². The summed E-state index contributed by atoms with van der Waals surface area (Å²) in [6.07, 6.45) is 0.865. The summed E-state index contributed by atoms with van der Waals surface area (Å²) in [6.45, 7) is 4.20. The number of halogens is 2. The van der Waals surface area contributed by atoms with E-state index in [1.807, 2.05) is 6.07 Å². The molecule has 2 aromatic carbocycles. The van der Waals surface area contributed by atoms with Crippen molar-refractivity contribution in [3.63, 3.8) is 0 Å². The third kappa shape index (κ3) is 3.37. The van der Waals surface area contributed by atoms with Crippen molar-refractivity contribution in [1.29, 1.82) is 0 Å². The standard InChI is InChI=1S/C16H16BrCl/c1-11-3-5-13(6-4-11)10-16(18)15-8-7-14(17)9-12(15)2/h3-9,16H,10H2,1-2H3. The first kappa shape index (κ1) is 13.6. The van der Waals surface area contributed by atoms with Gasteiger partial charge in [0, 0.05) is 4.47 Å². The monoisotopic (exact) mass is 322 g/mol. The molecule has 1 atom stereocenters. The van der Waals surface area contributed by atoms with E-state index in [2.05, 4.69) is 66.2 Å². The van der Waals surface area contributed by atoms with Crippen molar-refractivity contribution in [2.75, 3.05) is 0 Å². The molecule has 0 aliphatic carbocycles. The zero-order valence-corrected chi connectivity index (χ0v) is 12.9. The van der Waals surface area contributed by atoms with E-state index in [0.717, 1.165) is 10.9 Å². The first-order valence-corrected chi connectivity index (χ1v) is 7.25. The van der Waals surface area contributed by atoms with Crippen molar-refractivity contribution in [3.05, 3.63) is 69.2 Å². The molecule has 2 heteroatoms. The maximum Gasteiger partial charge on any atom is 0.0628 e. The lowest BCUT2D eigenvalue weighted by atomic mass is 9.99. The third-order valence-corrected chi connectivity index (χ3v) is 3.99. The average molecular weight is 324 g/mol. The number of hydrogen-bond donors (Lipinski definition) is 0. The first-order valence-electron chi connectivity index (χ1n) is 6.02. The summed E-state index contributed by atoms with van der Waals surface area (Å²) in [7, 11) is 0. The molecule has 0 aliphatic rings. The van der Waals surface area contributed by atoms with Crippen molar-refractivity contribution in [3.8, 4) is 0 Å². The molecule has 0 saturated carbocycles. The summed E-state index contributed by atoms with van der Waals surface area (Å²) in [6, 6.07) is 14.8. The van der Waals surface area contributed by atoms with Gasteiger partial charge in [-0.15, -0.1) is 11.6 Å². The van der Waals surface area contributed by atoms with Crippen molar-refractivity contribution in [1.82, 2.24) is 0 Å². The number of alkyl halides is 1. The van der Waals surface area contributed by atoms with Crippen LogP contribution in [0.5, 0.6) is 0 Å². The maximum atomic E-state index is 6.52. The molecule has 0 fully saturated rings. The lowest BCUT2D eigenvalue weighted by Gasteiger charge is -2.13. The molecular formula is C16H16BrCl. The Labute approximate surface area is 122 Å². The quantitative estimate of drug-likeness (QED) is 0.646. The zero-order valence-electron chi connectivity index (χ0n) is 10.6. The number of rotatable bonds is 3. The molecule has 0 heterocycles. The van der Waals surface area contributed by atoms with Gasteiger partial charge in [-0.25, -0.2) is 0 Å². The van der Waals surface area contributed by atoms with Gasteiger partial charge in [-0.3, -0.25) is 0 Å². The molecule has 18 heavy (non-hydrogen) atoms. The number of benzene rings is 2. The van der Waals surface area contributed by atoms with E-state index in [1.54, 1.807) is 0 Å². The Morgan fingerprint density at radius 3 is 2.33 bits per heavy atom. The van der Waals surface area contributed by atoms with Crippen molar-refractivity contribution >= 4 is 27.5 Å². The molecule has 0 amide bonds. The molecule has 0 aromatic heterocycles. The number of aryl methyl sites for hydroxylation is 2. The van der Waals surface area contributed by atoms with E-state index in [-0.39, 0.29) is 5.38 Å². The van der Waals surface area contributed by atoms with Gasteiger partial charge in [-0.1, -0.05) is 51.8 Å². The second kappa shape index (κ2) is 5.90. The Balaban J connectivity index is 2.16. The van der Waals surface area contributed by atoms with E-state index >= 15 is 0 Å². The van der Waals surface area contributed by atoms with Crippen molar-refractivity contribution < 1.29 is 0 Å². The Hall–Kier alpha value is -0.790. The fraction of sp³-hybridized carbons (Fsp3) is 0.250. The summed E-state index contributed by atoms with van der Waals surface area (Å²) in [5, 5.41) is 0.0285. The largest absolute Gasteiger partial charge is 0.117 e. The number of hydrogen-bond acceptors (Lipinski definition) is 0. The minimum absolute atomic E-state index is 0.0285. The van der Waals surface area contributed by atoms with Crippen molar-refractivity contribution in [2.45, 2.75) is 25.6 Å². The predicted molar refractivity (Wildman–Crippen MR) is 82.4 cm³/mol. The molecule has 2 aromatic rings. The smallest absolute Gasteiger partial charge is 0.0628 e. The Morgan fingerprint density at radius 2 is 1.72 bits per heavy atom. The highest BCUT2D eigenvalue weighted by atomic mass is 79.9. The second-order valence-corrected chi connectivity index (χ2v) is 6.10. The molecule has 0 radical (unpaired) electrons. The van der Waals surface area contributed by atoms with Crippen LogP contribution < -0.4 is 0 Å². The van der Waals surface area contributed by atoms with Crippen LogP contribution in [0.2, 0.25) is 0 Å². The van der Waals surface area contributed by atoms with Gasteiger partial charge >= 0.3 is 0 Å². The van der Waals surface area contributed by atoms with Gasteiger partial charge in [0.15, 0.2) is 0 Å². The fourth-order valence-electron chi connectivity index (χ4n) is 2.03. The molecule has 0 aliphatic heterocycles. The summed E-state index contributed by atoms with van der Waals surface area (Å²) in [4.78, 5) is 0. The normalized spacial score (nSPS) is 12.4. The van der Waals surface area contributed by atoms with E-state index in [0.29, 0.717) is 0 Å². The molecule has 2 rings (SSSR count). The van der Waals surface area contributed by atoms with Gasteiger partial charge in [0.2, 0.25) is 0 Å². The van der Waals surface area contributed by atoms with Gasteiger partial charge in [-0.05, 0) is 49.1 Å². The van der Waals surface area contributed by atoms with E-state index in [1.165, 1.54) is 22.3 Å². The average Bonchev–Trinajstić information content (AvgIpc) is 2.32. The molecule has 0 bridgehead atoms. The molecule has 0 saturated heterocycles. The maximum absolute atomic E-state index is 6.52. The summed E-state index contributed by atoms with van der Waals surface area (Å²) in [5.41, 5.74) is 5.00. The summed E-state index contributed by atoms with van der Waals surface area (Å²) < 4.78 is 1.10. The SMILES string of the molecule is Cc1ccc(CC(Cl)c2ccc(Br)cc2C)cc1. The summed E-state index contributed by atoms with van der Waals surface area (Å²) in [5.74, 6) is 0. The van der Waals surface area contributed by atoms with E-state index in [9.17, 15) is 0 Å². The Morgan fingerprint density at radius 1 is 1.06 bits per heavy atom. The highest BCUT2D eigenvalue weighted by molar-refractivity contribution is 9.10. The predicted octanol–water partition coefficient (Wildman–Crippen LogP) is 5.59. The van der Waals surface area contributed by atoms with Gasteiger partial charge in [-0.2, -0.15) is 0 Å². The van der Waals surface area contributed by atoms with Crippen LogP contribution in [0.15, 0.2) is 46.9 Å². The van der Waals surface area contributed by atoms with Crippen LogP contribution in [0.4, 0.5) is 0 Å². The van der Waals surface area contributed by atoms with Crippen LogP contribution in [0.25, 0.3) is 0 Å². The van der Waals surface area contributed by atoms with Gasteiger partial charge in [0.25, 0.3) is 0 Å². The highest BCUT2D eigenvalue weighted by Gasteiger charge is 2.11. The van der Waals surface area contributed by atoms with Crippen LogP contribution in [0.3, 0.4) is 0 Å². The Kier molecular flexibility index (Phi) is 4.47. The van der Waals surface area contributed by atoms with Crippen LogP contribution in [0.1, 0.15) is 27.6 Å². The van der Waals surface area contributed by atoms with Crippen molar-refractivity contribution in [2.24, 2.45) is 0 Å².